The molecule has 0 unspecified atom stereocenters. The quantitative estimate of drug-likeness (QED) is 0.811. The van der Waals surface area contributed by atoms with E-state index in [1.165, 1.54) is 0 Å². The summed E-state index contributed by atoms with van der Waals surface area (Å²) in [6, 6.07) is 7.68. The van der Waals surface area contributed by atoms with Gasteiger partial charge in [-0.1, -0.05) is 25.5 Å². The molecule has 1 heterocycles. The predicted octanol–water partition coefficient (Wildman–Crippen LogP) is 3.70. The van der Waals surface area contributed by atoms with Gasteiger partial charge in [0.2, 0.25) is 0 Å². The van der Waals surface area contributed by atoms with Crippen molar-refractivity contribution >= 4 is 34.3 Å². The van der Waals surface area contributed by atoms with E-state index in [0.29, 0.717) is 17.3 Å². The Morgan fingerprint density at radius 2 is 2.11 bits per heavy atom. The van der Waals surface area contributed by atoms with Gasteiger partial charge in [-0.05, 0) is 47.6 Å². The van der Waals surface area contributed by atoms with Gasteiger partial charge in [-0.3, -0.25) is 9.89 Å². The highest BCUT2D eigenvalue weighted by molar-refractivity contribution is 14.1. The van der Waals surface area contributed by atoms with Gasteiger partial charge in [0, 0.05) is 15.3 Å². The van der Waals surface area contributed by atoms with Crippen LogP contribution in [0.2, 0.25) is 0 Å². The summed E-state index contributed by atoms with van der Waals surface area (Å²) in [6.07, 6.45) is 0. The molecule has 2 aromatic rings. The Bertz CT molecular complexity index is 604. The highest BCUT2D eigenvalue weighted by Gasteiger charge is 2.12. The molecule has 1 amide bonds. The molecule has 0 bridgehead atoms. The van der Waals surface area contributed by atoms with Crippen molar-refractivity contribution in [3.8, 4) is 0 Å². The molecule has 0 atom stereocenters. The maximum atomic E-state index is 12.2. The van der Waals surface area contributed by atoms with Gasteiger partial charge in [0.25, 0.3) is 5.91 Å². The monoisotopic (exact) mass is 369 g/mol. The molecule has 0 saturated carbocycles. The smallest absolute Gasteiger partial charge is 0.257 e. The van der Waals surface area contributed by atoms with Crippen molar-refractivity contribution in [3.63, 3.8) is 0 Å². The molecule has 0 aliphatic rings. The van der Waals surface area contributed by atoms with E-state index in [1.807, 2.05) is 31.2 Å². The van der Waals surface area contributed by atoms with E-state index >= 15 is 0 Å². The molecule has 5 heteroatoms. The number of anilines is 1. The van der Waals surface area contributed by atoms with Crippen molar-refractivity contribution in [1.29, 1.82) is 0 Å². The molecule has 0 fully saturated rings. The van der Waals surface area contributed by atoms with Crippen LogP contribution in [0.3, 0.4) is 0 Å². The lowest BCUT2D eigenvalue weighted by atomic mass is 10.1. The van der Waals surface area contributed by atoms with Crippen LogP contribution in [0.4, 0.5) is 5.82 Å². The molecule has 2 N–H and O–H groups in total. The van der Waals surface area contributed by atoms with Crippen molar-refractivity contribution in [3.05, 3.63) is 44.7 Å². The Kier molecular flexibility index (Phi) is 4.24. The zero-order chi connectivity index (χ0) is 14.0. The SMILES string of the molecule is Cc1ccc(I)c(C(=O)Nc2cc(C(C)C)[nH]n2)c1. The molecule has 19 heavy (non-hydrogen) atoms. The fourth-order valence-electron chi connectivity index (χ4n) is 1.69. The minimum Gasteiger partial charge on any atom is -0.305 e. The number of H-pyrrole nitrogens is 1. The van der Waals surface area contributed by atoms with Crippen LogP contribution in [0, 0.1) is 10.5 Å². The van der Waals surface area contributed by atoms with Crippen LogP contribution in [0.1, 0.15) is 41.4 Å². The Labute approximate surface area is 126 Å². The second-order valence-corrected chi connectivity index (χ2v) is 5.96. The van der Waals surface area contributed by atoms with E-state index < -0.39 is 0 Å². The highest BCUT2D eigenvalue weighted by atomic mass is 127. The topological polar surface area (TPSA) is 57.8 Å². The van der Waals surface area contributed by atoms with E-state index in [1.54, 1.807) is 0 Å². The fourth-order valence-corrected chi connectivity index (χ4v) is 2.27. The Morgan fingerprint density at radius 3 is 2.74 bits per heavy atom. The first kappa shape index (κ1) is 14.0. The van der Waals surface area contributed by atoms with Crippen LogP contribution in [-0.2, 0) is 0 Å². The molecular weight excluding hydrogens is 353 g/mol. The van der Waals surface area contributed by atoms with E-state index in [2.05, 4.69) is 52.0 Å². The van der Waals surface area contributed by atoms with Gasteiger partial charge in [-0.15, -0.1) is 0 Å². The summed E-state index contributed by atoms with van der Waals surface area (Å²) in [5.41, 5.74) is 2.75. The predicted molar refractivity (Wildman–Crippen MR) is 84.5 cm³/mol. The van der Waals surface area contributed by atoms with Crippen molar-refractivity contribution in [2.45, 2.75) is 26.7 Å². The molecule has 0 radical (unpaired) electrons. The van der Waals surface area contributed by atoms with Gasteiger partial charge in [0.05, 0.1) is 5.56 Å². The second kappa shape index (κ2) is 5.73. The lowest BCUT2D eigenvalue weighted by molar-refractivity contribution is 0.102. The third kappa shape index (κ3) is 3.34. The number of aryl methyl sites for hydroxylation is 1. The van der Waals surface area contributed by atoms with E-state index in [-0.39, 0.29) is 5.91 Å². The second-order valence-electron chi connectivity index (χ2n) is 4.80. The van der Waals surface area contributed by atoms with E-state index in [4.69, 9.17) is 0 Å². The first-order chi connectivity index (χ1) is 8.97. The summed E-state index contributed by atoms with van der Waals surface area (Å²) >= 11 is 2.16. The van der Waals surface area contributed by atoms with Gasteiger partial charge < -0.3 is 5.32 Å². The van der Waals surface area contributed by atoms with Gasteiger partial charge in [-0.25, -0.2) is 0 Å². The molecule has 0 spiro atoms. The fraction of sp³-hybridized carbons (Fsp3) is 0.286. The number of aromatic amines is 1. The molecule has 2 rings (SSSR count). The van der Waals surface area contributed by atoms with Gasteiger partial charge in [0.15, 0.2) is 5.82 Å². The molecule has 1 aromatic heterocycles. The lowest BCUT2D eigenvalue weighted by Gasteiger charge is -2.05. The standard InChI is InChI=1S/C14H16IN3O/c1-8(2)12-7-13(18-17-12)16-14(19)10-6-9(3)4-5-11(10)15/h4-8H,1-3H3,(H2,16,17,18,19). The summed E-state index contributed by atoms with van der Waals surface area (Å²) in [7, 11) is 0. The number of aromatic nitrogens is 2. The van der Waals surface area contributed by atoms with Crippen molar-refractivity contribution < 1.29 is 4.79 Å². The average Bonchev–Trinajstić information content (AvgIpc) is 2.80. The zero-order valence-electron chi connectivity index (χ0n) is 11.1. The number of carbonyl (C=O) groups is 1. The summed E-state index contributed by atoms with van der Waals surface area (Å²) in [6.45, 7) is 6.11. The molecule has 0 saturated heterocycles. The molecule has 100 valence electrons. The first-order valence-corrected chi connectivity index (χ1v) is 7.18. The maximum Gasteiger partial charge on any atom is 0.257 e. The minimum absolute atomic E-state index is 0.130. The number of hydrogen-bond donors (Lipinski definition) is 2. The number of hydrogen-bond acceptors (Lipinski definition) is 2. The Morgan fingerprint density at radius 1 is 1.37 bits per heavy atom. The lowest BCUT2D eigenvalue weighted by Crippen LogP contribution is -2.13. The molecule has 1 aromatic carbocycles. The van der Waals surface area contributed by atoms with Crippen molar-refractivity contribution in [2.75, 3.05) is 5.32 Å². The Hall–Kier alpha value is -1.37. The number of nitrogens with zero attached hydrogens (tertiary/aromatic N) is 1. The first-order valence-electron chi connectivity index (χ1n) is 6.10. The molecule has 4 nitrogen and oxygen atoms in total. The molecule has 0 aliphatic carbocycles. The number of amides is 1. The van der Waals surface area contributed by atoms with E-state index in [9.17, 15) is 4.79 Å². The van der Waals surface area contributed by atoms with Crippen molar-refractivity contribution in [2.24, 2.45) is 0 Å². The Balaban J connectivity index is 2.18. The summed E-state index contributed by atoms with van der Waals surface area (Å²) in [5, 5.41) is 9.83. The third-order valence-corrected chi connectivity index (χ3v) is 3.77. The third-order valence-electron chi connectivity index (χ3n) is 2.83. The average molecular weight is 369 g/mol. The van der Waals surface area contributed by atoms with Crippen LogP contribution in [0.15, 0.2) is 24.3 Å². The number of benzene rings is 1. The van der Waals surface area contributed by atoms with Gasteiger partial charge in [-0.2, -0.15) is 5.10 Å². The van der Waals surface area contributed by atoms with Crippen LogP contribution in [0.5, 0.6) is 0 Å². The van der Waals surface area contributed by atoms with Crippen LogP contribution in [0.25, 0.3) is 0 Å². The maximum absolute atomic E-state index is 12.2. The van der Waals surface area contributed by atoms with Crippen LogP contribution >= 0.6 is 22.6 Å². The zero-order valence-corrected chi connectivity index (χ0v) is 13.3. The van der Waals surface area contributed by atoms with Gasteiger partial charge >= 0.3 is 0 Å². The van der Waals surface area contributed by atoms with Crippen LogP contribution in [-0.4, -0.2) is 16.1 Å². The van der Waals surface area contributed by atoms with Crippen LogP contribution < -0.4 is 5.32 Å². The van der Waals surface area contributed by atoms with Gasteiger partial charge in [0.1, 0.15) is 0 Å². The number of nitrogens with one attached hydrogen (secondary N) is 2. The normalized spacial score (nSPS) is 10.8. The number of halogens is 1. The molecular formula is C14H16IN3O. The van der Waals surface area contributed by atoms with E-state index in [0.717, 1.165) is 14.8 Å². The minimum atomic E-state index is -0.130. The summed E-state index contributed by atoms with van der Waals surface area (Å²) in [4.78, 5) is 12.2. The largest absolute Gasteiger partial charge is 0.305 e. The highest BCUT2D eigenvalue weighted by Crippen LogP contribution is 2.18. The van der Waals surface area contributed by atoms with Crippen molar-refractivity contribution in [1.82, 2.24) is 10.2 Å². The summed E-state index contributed by atoms with van der Waals surface area (Å²) < 4.78 is 0.931. The number of rotatable bonds is 3. The molecule has 0 aliphatic heterocycles. The number of carbonyl (C=O) groups excluding carboxylic acids is 1. The summed E-state index contributed by atoms with van der Waals surface area (Å²) in [5.74, 6) is 0.790.